The van der Waals surface area contributed by atoms with Gasteiger partial charge in [0.1, 0.15) is 31.7 Å². The van der Waals surface area contributed by atoms with Crippen LogP contribution < -0.4 is 11.4 Å². The van der Waals surface area contributed by atoms with Gasteiger partial charge >= 0.3 is 17.6 Å². The summed E-state index contributed by atoms with van der Waals surface area (Å²) in [5.74, 6) is -5.41. The molecule has 2 rings (SSSR count). The molecule has 0 spiro atoms. The Kier molecular flexibility index (Phi) is 6.80. The van der Waals surface area contributed by atoms with Gasteiger partial charge in [-0.05, 0) is 6.07 Å². The van der Waals surface area contributed by atoms with Gasteiger partial charge < -0.3 is 25.1 Å². The Balaban J connectivity index is 1.93. The fourth-order valence-corrected chi connectivity index (χ4v) is 2.33. The molecular weight excluding hydrogens is 384 g/mol. The molecule has 0 radical (unpaired) electrons. The summed E-state index contributed by atoms with van der Waals surface area (Å²) in [6, 6.07) is 1.12. The number of anilines is 1. The number of alkyl halides is 2. The van der Waals surface area contributed by atoms with Gasteiger partial charge in [-0.15, -0.1) is 0 Å². The van der Waals surface area contributed by atoms with E-state index in [9.17, 15) is 28.3 Å². The number of ether oxygens (including phenoxy) is 3. The van der Waals surface area contributed by atoms with Crippen molar-refractivity contribution in [2.75, 3.05) is 25.6 Å². The van der Waals surface area contributed by atoms with E-state index in [2.05, 4.69) is 4.98 Å². The zero-order valence-electron chi connectivity index (χ0n) is 15.2. The van der Waals surface area contributed by atoms with Crippen molar-refractivity contribution in [1.82, 2.24) is 9.55 Å². The highest BCUT2D eigenvalue weighted by Gasteiger charge is 2.60. The summed E-state index contributed by atoms with van der Waals surface area (Å²) in [6.07, 6.45) is -5.11. The summed E-state index contributed by atoms with van der Waals surface area (Å²) in [4.78, 5) is 38.1. The second-order valence-electron chi connectivity index (χ2n) is 6.49. The molecule has 0 bridgehead atoms. The SMILES string of the molecule is CC(C)C(=O)COCC(=O)OC[C@H]1O[C@@H](n2ccc(N)nc2=O)C(F)(F)C1O. The number of nitrogens with two attached hydrogens (primary N) is 1. The maximum atomic E-state index is 14.3. The van der Waals surface area contributed by atoms with Crippen molar-refractivity contribution in [3.63, 3.8) is 0 Å². The Bertz CT molecular complexity index is 784. The van der Waals surface area contributed by atoms with Crippen molar-refractivity contribution in [3.05, 3.63) is 22.7 Å². The van der Waals surface area contributed by atoms with Crippen LogP contribution in [0, 0.1) is 5.92 Å². The molecule has 2 heterocycles. The van der Waals surface area contributed by atoms with E-state index in [4.69, 9.17) is 19.9 Å². The third-order valence-electron chi connectivity index (χ3n) is 4.00. The quantitative estimate of drug-likeness (QED) is 0.547. The van der Waals surface area contributed by atoms with Gasteiger partial charge in [0.2, 0.25) is 6.23 Å². The zero-order chi connectivity index (χ0) is 21.1. The molecular formula is C16H21F2N3O7. The molecule has 3 N–H and O–H groups in total. The molecule has 28 heavy (non-hydrogen) atoms. The first-order valence-electron chi connectivity index (χ1n) is 8.36. The van der Waals surface area contributed by atoms with Crippen LogP contribution in [0.4, 0.5) is 14.6 Å². The van der Waals surface area contributed by atoms with Crippen molar-refractivity contribution >= 4 is 17.6 Å². The van der Waals surface area contributed by atoms with Gasteiger partial charge in [0.15, 0.2) is 11.9 Å². The number of hydrogen-bond donors (Lipinski definition) is 2. The third-order valence-corrected chi connectivity index (χ3v) is 4.00. The Hall–Kier alpha value is -2.44. The number of nitrogen functional groups attached to an aromatic ring is 1. The average molecular weight is 405 g/mol. The number of nitrogens with zero attached hydrogens (tertiary/aromatic N) is 2. The summed E-state index contributed by atoms with van der Waals surface area (Å²) in [7, 11) is 0. The largest absolute Gasteiger partial charge is 0.461 e. The lowest BCUT2D eigenvalue weighted by Gasteiger charge is -2.20. The number of carbonyl (C=O) groups excluding carboxylic acids is 2. The average Bonchev–Trinajstić information content (AvgIpc) is 2.83. The minimum absolute atomic E-state index is 0.162. The summed E-state index contributed by atoms with van der Waals surface area (Å²) >= 11 is 0. The van der Waals surface area contributed by atoms with Crippen LogP contribution in [0.3, 0.4) is 0 Å². The van der Waals surface area contributed by atoms with E-state index in [0.29, 0.717) is 4.57 Å². The predicted octanol–water partition coefficient (Wildman–Crippen LogP) is -0.496. The molecule has 1 aromatic heterocycles. The molecule has 1 saturated heterocycles. The number of carbonyl (C=O) groups is 2. The fraction of sp³-hybridized carbons (Fsp3) is 0.625. The minimum atomic E-state index is -3.85. The second kappa shape index (κ2) is 8.71. The topological polar surface area (TPSA) is 143 Å². The zero-order valence-corrected chi connectivity index (χ0v) is 15.2. The molecule has 0 aromatic carbocycles. The van der Waals surface area contributed by atoms with Crippen LogP contribution in [0.15, 0.2) is 17.1 Å². The van der Waals surface area contributed by atoms with Crippen LogP contribution in [0.2, 0.25) is 0 Å². The first-order valence-corrected chi connectivity index (χ1v) is 8.36. The van der Waals surface area contributed by atoms with Gasteiger partial charge in [-0.1, -0.05) is 13.8 Å². The highest BCUT2D eigenvalue weighted by Crippen LogP contribution is 2.42. The number of rotatable bonds is 8. The lowest BCUT2D eigenvalue weighted by Crippen LogP contribution is -2.42. The summed E-state index contributed by atoms with van der Waals surface area (Å²) in [5.41, 5.74) is 4.23. The number of esters is 1. The van der Waals surface area contributed by atoms with Crippen molar-refractivity contribution in [3.8, 4) is 0 Å². The molecule has 10 nitrogen and oxygen atoms in total. The van der Waals surface area contributed by atoms with E-state index in [1.165, 1.54) is 0 Å². The van der Waals surface area contributed by atoms with Crippen LogP contribution in [-0.2, 0) is 23.8 Å². The lowest BCUT2D eigenvalue weighted by molar-refractivity contribution is -0.156. The van der Waals surface area contributed by atoms with Crippen molar-refractivity contribution < 1.29 is 37.7 Å². The van der Waals surface area contributed by atoms with Gasteiger partial charge in [-0.3, -0.25) is 9.36 Å². The first-order chi connectivity index (χ1) is 13.0. The van der Waals surface area contributed by atoms with Crippen LogP contribution in [0.1, 0.15) is 20.1 Å². The number of aliphatic hydroxyl groups is 1. The highest BCUT2D eigenvalue weighted by atomic mass is 19.3. The minimum Gasteiger partial charge on any atom is -0.461 e. The summed E-state index contributed by atoms with van der Waals surface area (Å²) < 4.78 is 43.8. The normalized spacial score (nSPS) is 23.7. The molecule has 12 heteroatoms. The van der Waals surface area contributed by atoms with Crippen LogP contribution in [-0.4, -0.2) is 64.4 Å². The number of Topliss-reactive ketones (excluding diaryl/α,β-unsaturated/α-hetero) is 1. The molecule has 0 aliphatic carbocycles. The standard InChI is InChI=1S/C16H21F2N3O7/c1-8(2)9(22)5-26-7-12(23)27-6-10-13(24)16(17,18)14(28-10)21-4-3-11(19)20-15(21)25/h3-4,8,10,13-14,24H,5-7H2,1-2H3,(H2,19,20,25)/t10-,13?,14-/m1/s1. The van der Waals surface area contributed by atoms with Crippen molar-refractivity contribution in [2.24, 2.45) is 5.92 Å². The molecule has 1 aliphatic heterocycles. The third kappa shape index (κ3) is 4.88. The van der Waals surface area contributed by atoms with Crippen LogP contribution in [0.25, 0.3) is 0 Å². The van der Waals surface area contributed by atoms with Crippen molar-refractivity contribution in [2.45, 2.75) is 38.2 Å². The molecule has 3 atom stereocenters. The molecule has 0 amide bonds. The Morgan fingerprint density at radius 2 is 2.11 bits per heavy atom. The fourth-order valence-electron chi connectivity index (χ4n) is 2.33. The predicted molar refractivity (Wildman–Crippen MR) is 89.4 cm³/mol. The maximum absolute atomic E-state index is 14.3. The van der Waals surface area contributed by atoms with E-state index < -0.39 is 49.2 Å². The van der Waals surface area contributed by atoms with Gasteiger partial charge in [-0.25, -0.2) is 9.59 Å². The van der Waals surface area contributed by atoms with Crippen LogP contribution in [0.5, 0.6) is 0 Å². The molecule has 156 valence electrons. The molecule has 1 aromatic rings. The Labute approximate surface area is 158 Å². The van der Waals surface area contributed by atoms with Gasteiger partial charge in [0, 0.05) is 12.1 Å². The smallest absolute Gasteiger partial charge is 0.351 e. The number of aromatic nitrogens is 2. The van der Waals surface area contributed by atoms with E-state index in [1.54, 1.807) is 13.8 Å². The lowest BCUT2D eigenvalue weighted by atomic mass is 10.1. The highest BCUT2D eigenvalue weighted by molar-refractivity contribution is 5.81. The molecule has 1 aliphatic rings. The molecule has 0 saturated carbocycles. The van der Waals surface area contributed by atoms with Gasteiger partial charge in [0.05, 0.1) is 0 Å². The van der Waals surface area contributed by atoms with E-state index in [1.807, 2.05) is 0 Å². The number of hydrogen-bond acceptors (Lipinski definition) is 9. The molecule has 1 unspecified atom stereocenters. The number of aliphatic hydroxyl groups excluding tert-OH is 1. The Morgan fingerprint density at radius 3 is 2.71 bits per heavy atom. The Morgan fingerprint density at radius 1 is 1.43 bits per heavy atom. The molecule has 1 fully saturated rings. The van der Waals surface area contributed by atoms with Crippen molar-refractivity contribution in [1.29, 1.82) is 0 Å². The summed E-state index contributed by atoms with van der Waals surface area (Å²) in [5, 5.41) is 9.81. The van der Waals surface area contributed by atoms with Gasteiger partial charge in [-0.2, -0.15) is 13.8 Å². The first kappa shape index (κ1) is 21.9. The monoisotopic (exact) mass is 405 g/mol. The number of halogens is 2. The summed E-state index contributed by atoms with van der Waals surface area (Å²) in [6.45, 7) is 1.78. The number of ketones is 1. The second-order valence-corrected chi connectivity index (χ2v) is 6.49. The van der Waals surface area contributed by atoms with E-state index >= 15 is 0 Å². The van der Waals surface area contributed by atoms with Gasteiger partial charge in [0.25, 0.3) is 0 Å². The van der Waals surface area contributed by atoms with E-state index in [0.717, 1.165) is 12.3 Å². The van der Waals surface area contributed by atoms with Crippen LogP contribution >= 0.6 is 0 Å². The van der Waals surface area contributed by atoms with E-state index in [-0.39, 0.29) is 24.1 Å². The maximum Gasteiger partial charge on any atom is 0.351 e.